The van der Waals surface area contributed by atoms with Gasteiger partial charge in [-0.1, -0.05) is 20.8 Å². The number of amides is 9. The number of aliphatic hydroxyl groups excluding tert-OH is 27. The highest BCUT2D eigenvalue weighted by Gasteiger charge is 2.56. The van der Waals surface area contributed by atoms with Gasteiger partial charge < -0.3 is 275 Å². The molecule has 0 radical (unpaired) electrons. The first-order valence-corrected chi connectivity index (χ1v) is 45.3. The second-order valence-corrected chi connectivity index (χ2v) is 34.2. The quantitative estimate of drug-likeness (QED) is 0.0318. The summed E-state index contributed by atoms with van der Waals surface area (Å²) in [6, 6.07) is 0. The van der Waals surface area contributed by atoms with Gasteiger partial charge in [0, 0.05) is 19.8 Å². The second-order valence-electron chi connectivity index (χ2n) is 34.2. The summed E-state index contributed by atoms with van der Waals surface area (Å²) < 4.78 is 91.1. The number of carbonyl (C=O) groups is 9. The van der Waals surface area contributed by atoms with Crippen LogP contribution in [0.4, 0.5) is 0 Å². The molecule has 0 aromatic carbocycles. The molecule has 9 rings (SSSR count). The van der Waals surface area contributed by atoms with E-state index in [0.717, 1.165) is 0 Å². The van der Waals surface area contributed by atoms with Crippen molar-refractivity contribution in [2.24, 2.45) is 51.6 Å². The van der Waals surface area contributed by atoms with E-state index in [2.05, 4.69) is 0 Å². The lowest BCUT2D eigenvalue weighted by molar-refractivity contribution is -0.299. The van der Waals surface area contributed by atoms with Crippen molar-refractivity contribution >= 4 is 53.2 Å². The van der Waals surface area contributed by atoms with Crippen molar-refractivity contribution < 1.29 is 266 Å². The summed E-state index contributed by atoms with van der Waals surface area (Å²) in [5.74, 6) is -8.26. The minimum atomic E-state index is -1.56. The highest BCUT2D eigenvalue weighted by Crippen LogP contribution is 2.32. The molecule has 144 heavy (non-hydrogen) atoms. The summed E-state index contributed by atoms with van der Waals surface area (Å²) in [5.41, 5.74) is 44.9. The Hall–Kier alpha value is -6.57. The predicted octanol–water partition coefficient (Wildman–Crippen LogP) is -20.7. The number of hydrogen-bond donors (Lipinski definition) is 36. The van der Waals surface area contributed by atoms with E-state index in [1.54, 1.807) is 83.1 Å². The number of nitrogens with two attached hydrogens (primary N) is 9. The van der Waals surface area contributed by atoms with Crippen LogP contribution >= 0.6 is 0 Å². The van der Waals surface area contributed by atoms with Gasteiger partial charge in [-0.15, -0.1) is 0 Å². The summed E-state index contributed by atoms with van der Waals surface area (Å²) in [7, 11) is 0. The van der Waals surface area contributed by atoms with E-state index in [1.807, 2.05) is 20.8 Å². The zero-order chi connectivity index (χ0) is 112. The molecule has 0 spiro atoms. The summed E-state index contributed by atoms with van der Waals surface area (Å²) in [6.07, 6.45) is -62.9. The van der Waals surface area contributed by atoms with E-state index >= 15 is 0 Å². The third-order valence-corrected chi connectivity index (χ3v) is 21.7. The molecule has 0 aromatic heterocycles. The van der Waals surface area contributed by atoms with Crippen LogP contribution < -0.4 is 51.6 Å². The molecular formula is C81H153N9O54. The lowest BCUT2D eigenvalue weighted by Gasteiger charge is -2.39. The Kier molecular flexibility index (Phi) is 60.4. The molecule has 30 unspecified atom stereocenters. The summed E-state index contributed by atoms with van der Waals surface area (Å²) >= 11 is 0. The van der Waals surface area contributed by atoms with Crippen molar-refractivity contribution in [3.63, 3.8) is 0 Å². The molecule has 9 saturated heterocycles. The summed E-state index contributed by atoms with van der Waals surface area (Å²) in [6.45, 7) is 26.8. The zero-order valence-corrected chi connectivity index (χ0v) is 81.5. The molecule has 9 aliphatic rings. The first-order valence-electron chi connectivity index (χ1n) is 45.3. The molecule has 0 aromatic rings. The van der Waals surface area contributed by atoms with Gasteiger partial charge in [0.05, 0.1) is 36.6 Å². The molecule has 9 amide bonds. The highest BCUT2D eigenvalue weighted by atomic mass is 16.8. The first kappa shape index (κ1) is 135. The standard InChI is InChI=1S/3C10H19NO6.3C9H17NO6.3C8H15NO6/c3*1-3-4(2)16-10-7(14)5(12)6(13)8(17-10)9(11)15;3*1-3(2)15-9-6(13)4(11)5(12)7(16-9)8(10)14;3*1-2-14-8-5(12)3(10)4(11)6(15-8)7(9)13/h3*4-8,10,12-14H,3H2,1-2H3,(H2,11,15);3*3-7,9,11-13H,1-2H3,(H2,10,14);3*3-6,8,10-12H,2H2,1H3,(H2,9,13)/t2*4?,5?,6-,7+,8?,10?;4?,5?,6-,7-,8?,10?;2*4?,5-,6+,7?,9?;4?,5-,6-,7?,9?;2*3?,4-,5+,6?,8?;3?,4-,5-,6?,8?/m100100100/s1. The molecule has 0 bridgehead atoms. The number of aliphatic hydroxyl groups is 27. The van der Waals surface area contributed by atoms with Crippen LogP contribution in [-0.4, -0.2) is 524 Å². The molecule has 63 nitrogen and oxygen atoms in total. The smallest absolute Gasteiger partial charge is 0.249 e. The third kappa shape index (κ3) is 39.7. The molecule has 0 aliphatic carbocycles. The van der Waals surface area contributed by atoms with Crippen molar-refractivity contribution in [2.75, 3.05) is 19.8 Å². The van der Waals surface area contributed by atoms with Gasteiger partial charge in [-0.2, -0.15) is 0 Å². The molecule has 9 aliphatic heterocycles. The van der Waals surface area contributed by atoms with Gasteiger partial charge in [-0.25, -0.2) is 0 Å². The Morgan fingerprint density at radius 1 is 0.181 bits per heavy atom. The maximum Gasteiger partial charge on any atom is 0.249 e. The number of hydrogen-bond acceptors (Lipinski definition) is 54. The average Bonchev–Trinajstić information content (AvgIpc) is 0.814. The van der Waals surface area contributed by atoms with Crippen LogP contribution in [0.1, 0.15) is 123 Å². The molecular weight excluding hydrogens is 1960 g/mol. The Bertz CT molecular complexity index is 3400. The monoisotopic (exact) mass is 2120 g/mol. The Morgan fingerprint density at radius 2 is 0.285 bits per heavy atom. The third-order valence-electron chi connectivity index (χ3n) is 21.7. The average molecular weight is 2120 g/mol. The van der Waals surface area contributed by atoms with Gasteiger partial charge in [0.25, 0.3) is 0 Å². The van der Waals surface area contributed by atoms with Gasteiger partial charge in [-0.3, -0.25) is 43.2 Å². The van der Waals surface area contributed by atoms with Crippen LogP contribution in [0.15, 0.2) is 0 Å². The van der Waals surface area contributed by atoms with Crippen molar-refractivity contribution in [2.45, 2.75) is 436 Å². The maximum absolute atomic E-state index is 11.0. The van der Waals surface area contributed by atoms with E-state index in [0.29, 0.717) is 19.3 Å². The molecule has 0 saturated carbocycles. The highest BCUT2D eigenvalue weighted by molar-refractivity contribution is 5.83. The van der Waals surface area contributed by atoms with Crippen LogP contribution in [0.5, 0.6) is 0 Å². The Labute approximate surface area is 824 Å². The zero-order valence-electron chi connectivity index (χ0n) is 81.5. The largest absolute Gasteiger partial charge is 0.387 e. The Balaban J connectivity index is 0.000000810. The minimum absolute atomic E-state index is 0.217. The van der Waals surface area contributed by atoms with Crippen LogP contribution in [0, 0.1) is 0 Å². The number of carbonyl (C=O) groups excluding carboxylic acids is 9. The van der Waals surface area contributed by atoms with Crippen LogP contribution in [-0.2, 0) is 128 Å². The molecule has 45 N–H and O–H groups in total. The van der Waals surface area contributed by atoms with Crippen molar-refractivity contribution in [3.05, 3.63) is 0 Å². The van der Waals surface area contributed by atoms with Gasteiger partial charge in [0.15, 0.2) is 112 Å². The first-order chi connectivity index (χ1) is 66.6. The van der Waals surface area contributed by atoms with Crippen LogP contribution in [0.2, 0.25) is 0 Å². The van der Waals surface area contributed by atoms with E-state index in [-0.39, 0.29) is 56.4 Å². The topological polar surface area (TPSA) is 1100 Å². The van der Waals surface area contributed by atoms with Crippen molar-refractivity contribution in [1.29, 1.82) is 0 Å². The normalized spacial score (nSPS) is 40.4. The number of rotatable bonds is 30. The van der Waals surface area contributed by atoms with Gasteiger partial charge in [0.2, 0.25) is 53.2 Å². The van der Waals surface area contributed by atoms with Gasteiger partial charge >= 0.3 is 0 Å². The van der Waals surface area contributed by atoms with E-state index < -0.39 is 330 Å². The van der Waals surface area contributed by atoms with E-state index in [9.17, 15) is 181 Å². The second kappa shape index (κ2) is 64.2. The van der Waals surface area contributed by atoms with E-state index in [1.165, 1.54) is 0 Å². The summed E-state index contributed by atoms with van der Waals surface area (Å²) in [5, 5.41) is 256. The fourth-order valence-corrected chi connectivity index (χ4v) is 13.1. The lowest BCUT2D eigenvalue weighted by Crippen LogP contribution is -2.61. The maximum atomic E-state index is 11.0. The van der Waals surface area contributed by atoms with Crippen molar-refractivity contribution in [3.8, 4) is 0 Å². The molecule has 48 atom stereocenters. The number of primary amides is 9. The Morgan fingerprint density at radius 3 is 0.382 bits per heavy atom. The molecule has 9 heterocycles. The predicted molar refractivity (Wildman–Crippen MR) is 469 cm³/mol. The molecule has 9 fully saturated rings. The lowest BCUT2D eigenvalue weighted by atomic mass is 9.98. The van der Waals surface area contributed by atoms with Crippen LogP contribution in [0.3, 0.4) is 0 Å². The fourth-order valence-electron chi connectivity index (χ4n) is 13.1. The van der Waals surface area contributed by atoms with Gasteiger partial charge in [-0.05, 0) is 102 Å². The minimum Gasteiger partial charge on any atom is -0.387 e. The van der Waals surface area contributed by atoms with E-state index in [4.69, 9.17) is 137 Å². The van der Waals surface area contributed by atoms with Gasteiger partial charge in [0.1, 0.15) is 165 Å². The summed E-state index contributed by atoms with van der Waals surface area (Å²) in [4.78, 5) is 98.4. The van der Waals surface area contributed by atoms with Crippen LogP contribution in [0.25, 0.3) is 0 Å². The molecule has 846 valence electrons. The number of ether oxygens (including phenoxy) is 18. The van der Waals surface area contributed by atoms with Crippen molar-refractivity contribution in [1.82, 2.24) is 0 Å². The SMILES string of the molecule is CC(C)OC1OC(C(N)=O)[C@@H](O)C(O)[C@@H]1O.CC(C)OC1OC(C(N)=O)[C@@H](O)C(O)[C@H]1O.CC(C)OC1OC(C(N)=O)[C@H](O)C(O)[C@@H]1O.CCC(C)OC1OC(C(N)=O)[C@@H](O)C(O)[C@@H]1O.CCC(C)OC1OC(C(N)=O)[C@@H](O)C(O)[C@H]1O.CCC(C)OC1OC(C(N)=O)[C@H](O)C(O)[C@@H]1O.CCOC1OC(C(N)=O)[C@@H](O)C(O)[C@@H]1O.CCOC1OC(C(N)=O)[C@@H](O)C(O)[C@H]1O.CCOC1OC(C(N)=O)[C@H](O)C(O)[C@@H]1O. The fraction of sp³-hybridized carbons (Fsp3) is 0.889. The molecule has 63 heteroatoms.